The molecule has 0 bridgehead atoms. The molecule has 2 amide bonds. The molecule has 3 aromatic carbocycles. The zero-order chi connectivity index (χ0) is 30.3. The van der Waals surface area contributed by atoms with Gasteiger partial charge in [-0.15, -0.1) is 0 Å². The second-order valence-electron chi connectivity index (χ2n) is 9.98. The van der Waals surface area contributed by atoms with E-state index in [1.54, 1.807) is 24.3 Å². The van der Waals surface area contributed by atoms with Crippen LogP contribution in [-0.4, -0.2) is 50.5 Å². The minimum atomic E-state index is -4.03. The maximum absolute atomic E-state index is 14.1. The van der Waals surface area contributed by atoms with Crippen molar-refractivity contribution in [3.05, 3.63) is 97.9 Å². The highest BCUT2D eigenvalue weighted by Crippen LogP contribution is 2.35. The van der Waals surface area contributed by atoms with Crippen LogP contribution in [0.15, 0.2) is 66.7 Å². The fourth-order valence-electron chi connectivity index (χ4n) is 4.11. The summed E-state index contributed by atoms with van der Waals surface area (Å²) in [6, 6.07) is 17.8. The molecule has 0 unspecified atom stereocenters. The summed E-state index contributed by atoms with van der Waals surface area (Å²) in [6.07, 6.45) is 1.15. The Kier molecular flexibility index (Phi) is 11.8. The standard InChI is InChI=1S/C29H31Cl4N3O4S/c1-19(2)16-34-29(38)27(13-20-8-5-4-6-9-20)35(17-21-10-7-11-22(30)12-21)28(37)18-36(41(3,39)40)26-15-24(32)23(31)14-25(26)33/h4-12,14-15,19,27H,13,16-18H2,1-3H3,(H,34,38)/t27-/m1/s1. The first-order valence-electron chi connectivity index (χ1n) is 12.7. The molecule has 41 heavy (non-hydrogen) atoms. The summed E-state index contributed by atoms with van der Waals surface area (Å²) in [5.74, 6) is -0.819. The lowest BCUT2D eigenvalue weighted by molar-refractivity contribution is -0.140. The fourth-order valence-corrected chi connectivity index (χ4v) is 5.87. The van der Waals surface area contributed by atoms with Crippen LogP contribution in [0.1, 0.15) is 25.0 Å². The highest BCUT2D eigenvalue weighted by Gasteiger charge is 2.33. The number of carbonyl (C=O) groups excluding carboxylic acids is 2. The number of hydrogen-bond donors (Lipinski definition) is 1. The van der Waals surface area contributed by atoms with Crippen LogP contribution in [0.2, 0.25) is 20.1 Å². The minimum absolute atomic E-state index is 0.00129. The van der Waals surface area contributed by atoms with Gasteiger partial charge in [-0.2, -0.15) is 0 Å². The van der Waals surface area contributed by atoms with Crippen LogP contribution in [0.3, 0.4) is 0 Å². The van der Waals surface area contributed by atoms with Crippen LogP contribution in [0, 0.1) is 5.92 Å². The van der Waals surface area contributed by atoms with Crippen molar-refractivity contribution < 1.29 is 18.0 Å². The van der Waals surface area contributed by atoms with Gasteiger partial charge in [-0.1, -0.05) is 103 Å². The van der Waals surface area contributed by atoms with Crippen LogP contribution in [0.4, 0.5) is 5.69 Å². The van der Waals surface area contributed by atoms with Gasteiger partial charge >= 0.3 is 0 Å². The van der Waals surface area contributed by atoms with Gasteiger partial charge in [0.15, 0.2) is 0 Å². The third kappa shape index (κ3) is 9.51. The van der Waals surface area contributed by atoms with E-state index in [4.69, 9.17) is 46.4 Å². The van der Waals surface area contributed by atoms with Crippen molar-refractivity contribution in [1.82, 2.24) is 10.2 Å². The molecule has 0 aliphatic carbocycles. The number of halogens is 4. The summed E-state index contributed by atoms with van der Waals surface area (Å²) in [5.41, 5.74) is 1.48. The topological polar surface area (TPSA) is 86.8 Å². The molecule has 1 N–H and O–H groups in total. The van der Waals surface area contributed by atoms with Gasteiger partial charge in [-0.05, 0) is 41.3 Å². The molecule has 0 spiro atoms. The molecule has 0 fully saturated rings. The van der Waals surface area contributed by atoms with Crippen LogP contribution >= 0.6 is 46.4 Å². The van der Waals surface area contributed by atoms with Gasteiger partial charge in [0.2, 0.25) is 21.8 Å². The second kappa shape index (κ2) is 14.6. The van der Waals surface area contributed by atoms with Gasteiger partial charge in [0.25, 0.3) is 0 Å². The van der Waals surface area contributed by atoms with E-state index in [0.717, 1.165) is 16.1 Å². The lowest BCUT2D eigenvalue weighted by Crippen LogP contribution is -2.53. The number of rotatable bonds is 12. The van der Waals surface area contributed by atoms with Crippen molar-refractivity contribution in [3.8, 4) is 0 Å². The van der Waals surface area contributed by atoms with Crippen molar-refractivity contribution in [2.75, 3.05) is 23.7 Å². The van der Waals surface area contributed by atoms with E-state index in [1.165, 1.54) is 17.0 Å². The Balaban J connectivity index is 2.09. The number of carbonyl (C=O) groups is 2. The van der Waals surface area contributed by atoms with Gasteiger partial charge in [0.05, 0.1) is 27.0 Å². The lowest BCUT2D eigenvalue weighted by Gasteiger charge is -2.34. The molecule has 0 saturated carbocycles. The Bertz CT molecular complexity index is 1490. The molecule has 3 aromatic rings. The highest BCUT2D eigenvalue weighted by atomic mass is 35.5. The molecule has 0 heterocycles. The summed E-state index contributed by atoms with van der Waals surface area (Å²) in [5, 5.41) is 3.58. The molecule has 0 aromatic heterocycles. The summed E-state index contributed by atoms with van der Waals surface area (Å²) in [4.78, 5) is 29.1. The molecule has 0 saturated heterocycles. The van der Waals surface area contributed by atoms with Crippen LogP contribution in [0.25, 0.3) is 0 Å². The number of sulfonamides is 1. The molecular formula is C29H31Cl4N3O4S. The molecule has 7 nitrogen and oxygen atoms in total. The SMILES string of the molecule is CC(C)CNC(=O)[C@@H](Cc1ccccc1)N(Cc1cccc(Cl)c1)C(=O)CN(c1cc(Cl)c(Cl)cc1Cl)S(C)(=O)=O. The van der Waals surface area contributed by atoms with E-state index in [2.05, 4.69) is 5.32 Å². The summed E-state index contributed by atoms with van der Waals surface area (Å²) >= 11 is 24.8. The summed E-state index contributed by atoms with van der Waals surface area (Å²) in [7, 11) is -4.03. The third-order valence-corrected chi connectivity index (χ3v) is 8.52. The summed E-state index contributed by atoms with van der Waals surface area (Å²) < 4.78 is 26.7. The Morgan fingerprint density at radius 3 is 2.10 bits per heavy atom. The van der Waals surface area contributed by atoms with Crippen molar-refractivity contribution >= 4 is 73.9 Å². The molecular weight excluding hydrogens is 628 g/mol. The Morgan fingerprint density at radius 2 is 1.49 bits per heavy atom. The lowest BCUT2D eigenvalue weighted by atomic mass is 10.0. The second-order valence-corrected chi connectivity index (χ2v) is 13.5. The predicted octanol–water partition coefficient (Wildman–Crippen LogP) is 6.48. The first-order valence-corrected chi connectivity index (χ1v) is 16.1. The van der Waals surface area contributed by atoms with Gasteiger partial charge < -0.3 is 10.2 Å². The van der Waals surface area contributed by atoms with E-state index in [1.807, 2.05) is 44.2 Å². The van der Waals surface area contributed by atoms with E-state index in [0.29, 0.717) is 17.1 Å². The normalized spacial score (nSPS) is 12.2. The van der Waals surface area contributed by atoms with Gasteiger partial charge in [-0.25, -0.2) is 8.42 Å². The van der Waals surface area contributed by atoms with Crippen LogP contribution < -0.4 is 9.62 Å². The van der Waals surface area contributed by atoms with Crippen molar-refractivity contribution in [1.29, 1.82) is 0 Å². The van der Waals surface area contributed by atoms with Gasteiger partial charge in [0.1, 0.15) is 12.6 Å². The molecule has 0 aliphatic heterocycles. The zero-order valence-electron chi connectivity index (χ0n) is 22.8. The number of nitrogens with zero attached hydrogens (tertiary/aromatic N) is 2. The molecule has 3 rings (SSSR count). The predicted molar refractivity (Wildman–Crippen MR) is 167 cm³/mol. The number of benzene rings is 3. The van der Waals surface area contributed by atoms with E-state index >= 15 is 0 Å². The van der Waals surface area contributed by atoms with Crippen molar-refractivity contribution in [2.24, 2.45) is 5.92 Å². The first kappa shape index (κ1) is 33.0. The number of amides is 2. The molecule has 220 valence electrons. The maximum Gasteiger partial charge on any atom is 0.244 e. The maximum atomic E-state index is 14.1. The Morgan fingerprint density at radius 1 is 0.854 bits per heavy atom. The quantitative estimate of drug-likeness (QED) is 0.226. The van der Waals surface area contributed by atoms with Crippen molar-refractivity contribution in [2.45, 2.75) is 32.9 Å². The molecule has 0 radical (unpaired) electrons. The van der Waals surface area contributed by atoms with Crippen molar-refractivity contribution in [3.63, 3.8) is 0 Å². The number of hydrogen-bond acceptors (Lipinski definition) is 4. The van der Waals surface area contributed by atoms with Crippen LogP contribution in [0.5, 0.6) is 0 Å². The van der Waals surface area contributed by atoms with E-state index in [-0.39, 0.29) is 45.5 Å². The van der Waals surface area contributed by atoms with E-state index < -0.39 is 28.5 Å². The third-order valence-electron chi connectivity index (χ3n) is 6.14. The highest BCUT2D eigenvalue weighted by molar-refractivity contribution is 7.92. The average Bonchev–Trinajstić information content (AvgIpc) is 2.90. The largest absolute Gasteiger partial charge is 0.354 e. The summed E-state index contributed by atoms with van der Waals surface area (Å²) in [6.45, 7) is 3.69. The number of nitrogens with one attached hydrogen (secondary N) is 1. The fraction of sp³-hybridized carbons (Fsp3) is 0.310. The van der Waals surface area contributed by atoms with E-state index in [9.17, 15) is 18.0 Å². The zero-order valence-corrected chi connectivity index (χ0v) is 26.6. The monoisotopic (exact) mass is 657 g/mol. The molecule has 12 heteroatoms. The first-order chi connectivity index (χ1) is 19.3. The van der Waals surface area contributed by atoms with Crippen LogP contribution in [-0.2, 0) is 32.6 Å². The number of anilines is 1. The Hall–Kier alpha value is -2.49. The molecule has 0 aliphatic rings. The van der Waals surface area contributed by atoms with Gasteiger partial charge in [0, 0.05) is 24.5 Å². The minimum Gasteiger partial charge on any atom is -0.354 e. The Labute approximate surface area is 261 Å². The van der Waals surface area contributed by atoms with Gasteiger partial charge in [-0.3, -0.25) is 13.9 Å². The molecule has 1 atom stereocenters. The smallest absolute Gasteiger partial charge is 0.244 e. The average molecular weight is 659 g/mol.